The predicted octanol–water partition coefficient (Wildman–Crippen LogP) is 2.85. The number of ether oxygens (including phenoxy) is 1. The highest BCUT2D eigenvalue weighted by Gasteiger charge is 2.34. The van der Waals surface area contributed by atoms with Crippen molar-refractivity contribution in [1.29, 1.82) is 0 Å². The monoisotopic (exact) mass is 317 g/mol. The molecule has 5 nitrogen and oxygen atoms in total. The molecule has 0 aliphatic heterocycles. The molecule has 5 heteroatoms. The highest BCUT2D eigenvalue weighted by molar-refractivity contribution is 5.85. The van der Waals surface area contributed by atoms with Crippen molar-refractivity contribution in [3.63, 3.8) is 0 Å². The first-order chi connectivity index (χ1) is 10.9. The maximum absolute atomic E-state index is 12.5. The first kappa shape index (κ1) is 17.1. The Morgan fingerprint density at radius 1 is 1.26 bits per heavy atom. The molecule has 0 fully saturated rings. The van der Waals surface area contributed by atoms with E-state index < -0.39 is 17.8 Å². The van der Waals surface area contributed by atoms with Gasteiger partial charge in [0.2, 0.25) is 5.91 Å². The number of nitrogens with one attached hydrogen (secondary N) is 1. The number of methoxy groups -OCH3 is 1. The molecule has 0 radical (unpaired) electrons. The van der Waals surface area contributed by atoms with E-state index in [9.17, 15) is 14.7 Å². The summed E-state index contributed by atoms with van der Waals surface area (Å²) in [5.74, 6) is -1.63. The summed E-state index contributed by atoms with van der Waals surface area (Å²) in [6.07, 6.45) is 4.56. The van der Waals surface area contributed by atoms with Crippen LogP contribution in [-0.4, -0.2) is 24.1 Å². The van der Waals surface area contributed by atoms with Gasteiger partial charge in [-0.25, -0.2) is 0 Å². The summed E-state index contributed by atoms with van der Waals surface area (Å²) >= 11 is 0. The second-order valence-corrected chi connectivity index (χ2v) is 5.97. The molecule has 0 bridgehead atoms. The first-order valence-corrected chi connectivity index (χ1v) is 7.76. The van der Waals surface area contributed by atoms with Crippen LogP contribution in [0.1, 0.15) is 36.9 Å². The van der Waals surface area contributed by atoms with Crippen LogP contribution in [-0.2, 0) is 9.59 Å². The largest absolute Gasteiger partial charge is 0.496 e. The van der Waals surface area contributed by atoms with Gasteiger partial charge in [-0.2, -0.15) is 0 Å². The van der Waals surface area contributed by atoms with Gasteiger partial charge in [0.05, 0.1) is 25.0 Å². The van der Waals surface area contributed by atoms with E-state index in [2.05, 4.69) is 5.32 Å². The van der Waals surface area contributed by atoms with Crippen molar-refractivity contribution in [3.05, 3.63) is 41.5 Å². The van der Waals surface area contributed by atoms with Gasteiger partial charge >= 0.3 is 5.97 Å². The highest BCUT2D eigenvalue weighted by atomic mass is 16.5. The Hall–Kier alpha value is -2.30. The van der Waals surface area contributed by atoms with Crippen molar-refractivity contribution in [2.45, 2.75) is 32.7 Å². The van der Waals surface area contributed by atoms with E-state index in [0.717, 1.165) is 11.1 Å². The Bertz CT molecular complexity index is 623. The second kappa shape index (κ2) is 7.31. The van der Waals surface area contributed by atoms with E-state index in [1.165, 1.54) is 0 Å². The number of aliphatic carboxylic acids is 1. The van der Waals surface area contributed by atoms with Gasteiger partial charge in [0, 0.05) is 5.56 Å². The van der Waals surface area contributed by atoms with Crippen molar-refractivity contribution in [1.82, 2.24) is 5.32 Å². The maximum Gasteiger partial charge on any atom is 0.307 e. The number of rotatable bonds is 5. The summed E-state index contributed by atoms with van der Waals surface area (Å²) in [4.78, 5) is 23.9. The van der Waals surface area contributed by atoms with Crippen LogP contribution in [0.25, 0.3) is 0 Å². The number of carbonyl (C=O) groups excluding carboxylic acids is 1. The van der Waals surface area contributed by atoms with E-state index >= 15 is 0 Å². The van der Waals surface area contributed by atoms with Crippen LogP contribution in [0.3, 0.4) is 0 Å². The summed E-state index contributed by atoms with van der Waals surface area (Å²) in [6.45, 7) is 3.85. The number of allylic oxidation sites excluding steroid dienone is 2. The summed E-state index contributed by atoms with van der Waals surface area (Å²) in [5, 5.41) is 12.2. The Labute approximate surface area is 136 Å². The molecule has 1 amide bonds. The number of hydrogen-bond donors (Lipinski definition) is 2. The molecule has 2 rings (SSSR count). The molecular formula is C18H23NO4. The summed E-state index contributed by atoms with van der Waals surface area (Å²) in [7, 11) is 1.59. The molecular weight excluding hydrogens is 294 g/mol. The molecule has 0 aromatic heterocycles. The number of benzene rings is 1. The fourth-order valence-electron chi connectivity index (χ4n) is 2.97. The van der Waals surface area contributed by atoms with Crippen molar-refractivity contribution in [2.75, 3.05) is 7.11 Å². The third-order valence-corrected chi connectivity index (χ3v) is 4.30. The van der Waals surface area contributed by atoms with Crippen LogP contribution < -0.4 is 10.1 Å². The fraction of sp³-hybridized carbons (Fsp3) is 0.444. The number of aryl methyl sites for hydroxylation is 1. The molecule has 0 heterocycles. The lowest BCUT2D eigenvalue weighted by Crippen LogP contribution is -2.39. The van der Waals surface area contributed by atoms with Crippen LogP contribution in [0, 0.1) is 18.8 Å². The van der Waals surface area contributed by atoms with Crippen molar-refractivity contribution < 1.29 is 19.4 Å². The molecule has 1 aromatic carbocycles. The number of amides is 1. The lowest BCUT2D eigenvalue weighted by molar-refractivity contribution is -0.147. The topological polar surface area (TPSA) is 75.6 Å². The predicted molar refractivity (Wildman–Crippen MR) is 87.3 cm³/mol. The van der Waals surface area contributed by atoms with E-state index in [4.69, 9.17) is 4.74 Å². The van der Waals surface area contributed by atoms with E-state index in [1.54, 1.807) is 7.11 Å². The average molecular weight is 317 g/mol. The van der Waals surface area contributed by atoms with Crippen LogP contribution >= 0.6 is 0 Å². The van der Waals surface area contributed by atoms with Gasteiger partial charge in [0.15, 0.2) is 0 Å². The Balaban J connectivity index is 2.14. The molecule has 0 saturated carbocycles. The lowest BCUT2D eigenvalue weighted by atomic mass is 9.82. The minimum Gasteiger partial charge on any atom is -0.496 e. The Kier molecular flexibility index (Phi) is 5.42. The highest BCUT2D eigenvalue weighted by Crippen LogP contribution is 2.29. The van der Waals surface area contributed by atoms with E-state index in [1.807, 2.05) is 44.2 Å². The molecule has 1 aromatic rings. The van der Waals surface area contributed by atoms with Gasteiger partial charge in [0.1, 0.15) is 5.75 Å². The zero-order valence-electron chi connectivity index (χ0n) is 13.7. The van der Waals surface area contributed by atoms with Crippen molar-refractivity contribution in [3.8, 4) is 5.75 Å². The molecule has 0 spiro atoms. The van der Waals surface area contributed by atoms with Crippen LogP contribution in [0.2, 0.25) is 0 Å². The Morgan fingerprint density at radius 2 is 1.91 bits per heavy atom. The summed E-state index contributed by atoms with van der Waals surface area (Å²) in [5.41, 5.74) is 1.96. The molecule has 0 unspecified atom stereocenters. The minimum atomic E-state index is -0.921. The molecule has 124 valence electrons. The normalized spacial score (nSPS) is 21.5. The number of hydrogen-bond acceptors (Lipinski definition) is 3. The lowest BCUT2D eigenvalue weighted by Gasteiger charge is -2.26. The van der Waals surface area contributed by atoms with Gasteiger partial charge in [-0.1, -0.05) is 29.8 Å². The van der Waals surface area contributed by atoms with Gasteiger partial charge in [-0.05, 0) is 32.8 Å². The van der Waals surface area contributed by atoms with Gasteiger partial charge < -0.3 is 15.2 Å². The average Bonchev–Trinajstić information content (AvgIpc) is 2.54. The van der Waals surface area contributed by atoms with Crippen LogP contribution in [0.5, 0.6) is 5.75 Å². The van der Waals surface area contributed by atoms with Crippen LogP contribution in [0.15, 0.2) is 30.4 Å². The van der Waals surface area contributed by atoms with Gasteiger partial charge in [-0.3, -0.25) is 9.59 Å². The molecule has 3 atom stereocenters. The summed E-state index contributed by atoms with van der Waals surface area (Å²) in [6, 6.07) is 5.54. The van der Waals surface area contributed by atoms with Crippen molar-refractivity contribution in [2.24, 2.45) is 11.8 Å². The molecule has 1 aliphatic carbocycles. The molecule has 1 aliphatic rings. The first-order valence-electron chi connectivity index (χ1n) is 7.76. The van der Waals surface area contributed by atoms with Gasteiger partial charge in [-0.15, -0.1) is 0 Å². The number of carboxylic acids is 1. The zero-order valence-corrected chi connectivity index (χ0v) is 13.7. The fourth-order valence-corrected chi connectivity index (χ4v) is 2.97. The Morgan fingerprint density at radius 3 is 2.52 bits per heavy atom. The molecule has 23 heavy (non-hydrogen) atoms. The summed E-state index contributed by atoms with van der Waals surface area (Å²) < 4.78 is 5.35. The quantitative estimate of drug-likeness (QED) is 0.819. The van der Waals surface area contributed by atoms with Crippen LogP contribution in [0.4, 0.5) is 0 Å². The number of carbonyl (C=O) groups is 2. The number of carboxylic acid groups (broad SMARTS) is 1. The minimum absolute atomic E-state index is 0.224. The van der Waals surface area contributed by atoms with E-state index in [0.29, 0.717) is 18.6 Å². The zero-order chi connectivity index (χ0) is 17.0. The molecule has 2 N–H and O–H groups in total. The van der Waals surface area contributed by atoms with Gasteiger partial charge in [0.25, 0.3) is 0 Å². The van der Waals surface area contributed by atoms with E-state index in [-0.39, 0.29) is 11.9 Å². The smallest absolute Gasteiger partial charge is 0.307 e. The SMILES string of the molecule is COc1ccc(C)cc1[C@H](C)NC(=O)[C@H]1CC=CC[C@H]1C(=O)O. The van der Waals surface area contributed by atoms with Crippen molar-refractivity contribution >= 4 is 11.9 Å². The second-order valence-electron chi connectivity index (χ2n) is 5.97. The standard InChI is InChI=1S/C18H23NO4/c1-11-8-9-16(23-3)15(10-11)12(2)19-17(20)13-6-4-5-7-14(13)18(21)22/h4-5,8-10,12-14H,6-7H2,1-3H3,(H,19,20)(H,21,22)/t12-,13-,14+/m0/s1. The maximum atomic E-state index is 12.5. The third-order valence-electron chi connectivity index (χ3n) is 4.30. The third kappa shape index (κ3) is 3.92. The molecule has 0 saturated heterocycles.